The standard InChI is InChI=1S/C22H31N5O/c1-2-3-9-19-14-27(25-24-19)15-20-12-18-10-11-26(20)16-21(18)22(28)23-13-17-7-5-4-6-8-17/h4-8,14,18,20-21H,2-3,9-13,15-16H2,1H3,(H,23,28)/t18?,20-,21+/m1/s1. The topological polar surface area (TPSA) is 63.1 Å². The maximum Gasteiger partial charge on any atom is 0.224 e. The third-order valence-electron chi connectivity index (χ3n) is 6.30. The third-order valence-corrected chi connectivity index (χ3v) is 6.30. The number of aryl methyl sites for hydroxylation is 1. The summed E-state index contributed by atoms with van der Waals surface area (Å²) in [4.78, 5) is 15.3. The number of hydrogen-bond acceptors (Lipinski definition) is 4. The summed E-state index contributed by atoms with van der Waals surface area (Å²) < 4.78 is 2.00. The van der Waals surface area contributed by atoms with E-state index < -0.39 is 0 Å². The number of carbonyl (C=O) groups is 1. The lowest BCUT2D eigenvalue weighted by Gasteiger charge is -2.49. The number of unbranched alkanes of at least 4 members (excludes halogenated alkanes) is 1. The minimum absolute atomic E-state index is 0.115. The molecule has 4 heterocycles. The van der Waals surface area contributed by atoms with Gasteiger partial charge in [-0.3, -0.25) is 14.4 Å². The minimum atomic E-state index is 0.115. The van der Waals surface area contributed by atoms with Gasteiger partial charge < -0.3 is 5.32 Å². The van der Waals surface area contributed by atoms with Crippen LogP contribution >= 0.6 is 0 Å². The average molecular weight is 382 g/mol. The molecule has 3 saturated heterocycles. The number of fused-ring (bicyclic) bond motifs is 3. The van der Waals surface area contributed by atoms with Crippen molar-refractivity contribution in [3.05, 3.63) is 47.8 Å². The number of hydrogen-bond donors (Lipinski definition) is 1. The van der Waals surface area contributed by atoms with E-state index in [1.807, 2.05) is 22.9 Å². The molecule has 1 amide bonds. The third kappa shape index (κ3) is 4.43. The van der Waals surface area contributed by atoms with Crippen molar-refractivity contribution in [1.82, 2.24) is 25.2 Å². The zero-order valence-electron chi connectivity index (χ0n) is 16.8. The summed E-state index contributed by atoms with van der Waals surface area (Å²) in [5.41, 5.74) is 2.25. The van der Waals surface area contributed by atoms with Crippen LogP contribution in [0.5, 0.6) is 0 Å². The van der Waals surface area contributed by atoms with Gasteiger partial charge in [0.2, 0.25) is 5.91 Å². The van der Waals surface area contributed by atoms with Gasteiger partial charge in [-0.1, -0.05) is 48.9 Å². The Morgan fingerprint density at radius 2 is 2.14 bits per heavy atom. The van der Waals surface area contributed by atoms with E-state index in [2.05, 4.69) is 45.8 Å². The predicted octanol–water partition coefficient (Wildman–Crippen LogP) is 2.65. The van der Waals surface area contributed by atoms with Crippen LogP contribution in [0.15, 0.2) is 36.5 Å². The van der Waals surface area contributed by atoms with Gasteiger partial charge in [-0.05, 0) is 43.7 Å². The molecule has 0 aliphatic carbocycles. The van der Waals surface area contributed by atoms with Gasteiger partial charge in [-0.2, -0.15) is 0 Å². The van der Waals surface area contributed by atoms with E-state index in [1.165, 1.54) is 6.42 Å². The molecule has 0 spiro atoms. The molecule has 2 bridgehead atoms. The molecule has 6 nitrogen and oxygen atoms in total. The average Bonchev–Trinajstić information content (AvgIpc) is 3.19. The van der Waals surface area contributed by atoms with Crippen molar-refractivity contribution in [1.29, 1.82) is 0 Å². The smallest absolute Gasteiger partial charge is 0.224 e. The fraction of sp³-hybridized carbons (Fsp3) is 0.591. The molecular formula is C22H31N5O. The highest BCUT2D eigenvalue weighted by molar-refractivity contribution is 5.79. The van der Waals surface area contributed by atoms with E-state index in [0.717, 1.165) is 56.6 Å². The second-order valence-corrected chi connectivity index (χ2v) is 8.28. The molecule has 3 aliphatic heterocycles. The van der Waals surface area contributed by atoms with Crippen molar-refractivity contribution in [3.8, 4) is 0 Å². The highest BCUT2D eigenvalue weighted by atomic mass is 16.1. The van der Waals surface area contributed by atoms with Gasteiger partial charge in [0, 0.05) is 25.3 Å². The Kier molecular flexibility index (Phi) is 6.05. The van der Waals surface area contributed by atoms with Crippen molar-refractivity contribution < 1.29 is 4.79 Å². The zero-order valence-corrected chi connectivity index (χ0v) is 16.8. The number of piperidine rings is 3. The summed E-state index contributed by atoms with van der Waals surface area (Å²) in [6.45, 7) is 5.66. The monoisotopic (exact) mass is 381 g/mol. The van der Waals surface area contributed by atoms with Crippen LogP contribution in [-0.2, 0) is 24.3 Å². The van der Waals surface area contributed by atoms with Gasteiger partial charge >= 0.3 is 0 Å². The van der Waals surface area contributed by atoms with E-state index in [0.29, 0.717) is 18.5 Å². The summed E-state index contributed by atoms with van der Waals surface area (Å²) in [5.74, 6) is 0.804. The van der Waals surface area contributed by atoms with Crippen molar-refractivity contribution >= 4 is 5.91 Å². The molecule has 6 heteroatoms. The maximum atomic E-state index is 12.8. The number of benzene rings is 1. The minimum Gasteiger partial charge on any atom is -0.352 e. The number of aromatic nitrogens is 3. The summed E-state index contributed by atoms with van der Waals surface area (Å²) >= 11 is 0. The van der Waals surface area contributed by atoms with Crippen molar-refractivity contribution in [2.45, 2.75) is 58.2 Å². The van der Waals surface area contributed by atoms with Crippen molar-refractivity contribution in [2.24, 2.45) is 11.8 Å². The SMILES string of the molecule is CCCCc1cn(C[C@H]2CC3CCN2C[C@@H]3C(=O)NCc2ccccc2)nn1. The molecule has 4 atom stereocenters. The molecule has 1 N–H and O–H groups in total. The number of carbonyl (C=O) groups excluding carboxylic acids is 1. The van der Waals surface area contributed by atoms with Crippen LogP contribution in [0.3, 0.4) is 0 Å². The Labute approximate surface area is 167 Å². The van der Waals surface area contributed by atoms with Gasteiger partial charge in [0.05, 0.1) is 18.2 Å². The van der Waals surface area contributed by atoms with E-state index in [9.17, 15) is 4.79 Å². The van der Waals surface area contributed by atoms with Crippen LogP contribution in [0.1, 0.15) is 43.9 Å². The molecule has 28 heavy (non-hydrogen) atoms. The quantitative estimate of drug-likeness (QED) is 0.764. The molecule has 1 aromatic carbocycles. The molecule has 2 unspecified atom stereocenters. The van der Waals surface area contributed by atoms with Crippen molar-refractivity contribution in [3.63, 3.8) is 0 Å². The highest BCUT2D eigenvalue weighted by Gasteiger charge is 2.43. The second-order valence-electron chi connectivity index (χ2n) is 8.28. The zero-order chi connectivity index (χ0) is 19.3. The highest BCUT2D eigenvalue weighted by Crippen LogP contribution is 2.37. The fourth-order valence-corrected chi connectivity index (χ4v) is 4.66. The van der Waals surface area contributed by atoms with Crippen LogP contribution in [-0.4, -0.2) is 44.9 Å². The first-order valence-electron chi connectivity index (χ1n) is 10.7. The van der Waals surface area contributed by atoms with Gasteiger partial charge in [0.25, 0.3) is 0 Å². The Morgan fingerprint density at radius 3 is 2.89 bits per heavy atom. The summed E-state index contributed by atoms with van der Waals surface area (Å²) in [6, 6.07) is 10.6. The van der Waals surface area contributed by atoms with Gasteiger partial charge in [-0.15, -0.1) is 5.10 Å². The lowest BCUT2D eigenvalue weighted by Crippen LogP contribution is -2.58. The Morgan fingerprint density at radius 1 is 1.29 bits per heavy atom. The van der Waals surface area contributed by atoms with E-state index >= 15 is 0 Å². The number of amides is 1. The summed E-state index contributed by atoms with van der Waals surface area (Å²) in [7, 11) is 0. The van der Waals surface area contributed by atoms with Gasteiger partial charge in [-0.25, -0.2) is 0 Å². The molecule has 0 radical (unpaired) electrons. The molecular weight excluding hydrogens is 350 g/mol. The summed E-state index contributed by atoms with van der Waals surface area (Å²) in [6.07, 6.45) is 7.65. The van der Waals surface area contributed by atoms with Gasteiger partial charge in [0.1, 0.15) is 0 Å². The van der Waals surface area contributed by atoms with Crippen LogP contribution in [0.4, 0.5) is 0 Å². The Balaban J connectivity index is 1.30. The normalized spacial score (nSPS) is 26.3. The number of rotatable bonds is 8. The molecule has 5 rings (SSSR count). The lowest BCUT2D eigenvalue weighted by molar-refractivity contribution is -0.133. The number of nitrogens with one attached hydrogen (secondary N) is 1. The van der Waals surface area contributed by atoms with Crippen LogP contribution in [0.25, 0.3) is 0 Å². The molecule has 0 saturated carbocycles. The first kappa shape index (κ1) is 19.1. The Bertz CT molecular complexity index is 774. The molecule has 3 fully saturated rings. The van der Waals surface area contributed by atoms with Crippen LogP contribution < -0.4 is 5.32 Å². The van der Waals surface area contributed by atoms with Gasteiger partial charge in [0.15, 0.2) is 0 Å². The summed E-state index contributed by atoms with van der Waals surface area (Å²) in [5, 5.41) is 11.8. The molecule has 2 aromatic rings. The second kappa shape index (κ2) is 8.86. The predicted molar refractivity (Wildman–Crippen MR) is 108 cm³/mol. The molecule has 150 valence electrons. The van der Waals surface area contributed by atoms with E-state index in [4.69, 9.17) is 0 Å². The first-order chi connectivity index (χ1) is 13.7. The maximum absolute atomic E-state index is 12.8. The fourth-order valence-electron chi connectivity index (χ4n) is 4.66. The lowest BCUT2D eigenvalue weighted by atomic mass is 9.75. The molecule has 3 aliphatic rings. The van der Waals surface area contributed by atoms with Crippen LogP contribution in [0.2, 0.25) is 0 Å². The number of nitrogens with zero attached hydrogens (tertiary/aromatic N) is 4. The van der Waals surface area contributed by atoms with E-state index in [-0.39, 0.29) is 11.8 Å². The van der Waals surface area contributed by atoms with Crippen LogP contribution in [0, 0.1) is 11.8 Å². The largest absolute Gasteiger partial charge is 0.352 e. The Hall–Kier alpha value is -2.21. The molecule has 1 aromatic heterocycles. The first-order valence-corrected chi connectivity index (χ1v) is 10.7. The van der Waals surface area contributed by atoms with Crippen molar-refractivity contribution in [2.75, 3.05) is 13.1 Å². The van der Waals surface area contributed by atoms with E-state index in [1.54, 1.807) is 0 Å².